The van der Waals surface area contributed by atoms with E-state index in [2.05, 4.69) is 5.32 Å². The lowest BCUT2D eigenvalue weighted by molar-refractivity contribution is -0.119. The molecule has 0 aromatic heterocycles. The molecule has 3 rings (SSSR count). The van der Waals surface area contributed by atoms with Crippen molar-refractivity contribution in [2.75, 3.05) is 49.6 Å². The minimum absolute atomic E-state index is 0.143. The highest BCUT2D eigenvalue weighted by molar-refractivity contribution is 5.93. The minimum Gasteiger partial charge on any atom is -0.444 e. The zero-order chi connectivity index (χ0) is 20.3. The maximum atomic E-state index is 14.6. The highest BCUT2D eigenvalue weighted by atomic mass is 19.1. The van der Waals surface area contributed by atoms with Gasteiger partial charge in [-0.25, -0.2) is 9.18 Å². The molecule has 8 heteroatoms. The molecule has 2 aliphatic rings. The fourth-order valence-corrected chi connectivity index (χ4v) is 3.28. The first-order chi connectivity index (χ1) is 13.2. The summed E-state index contributed by atoms with van der Waals surface area (Å²) in [6.07, 6.45) is 0.343. The van der Waals surface area contributed by atoms with Crippen LogP contribution in [0.3, 0.4) is 0 Å². The maximum Gasteiger partial charge on any atom is 0.410 e. The molecule has 28 heavy (non-hydrogen) atoms. The van der Waals surface area contributed by atoms with Gasteiger partial charge < -0.3 is 24.6 Å². The van der Waals surface area contributed by atoms with Crippen LogP contribution in [0.15, 0.2) is 18.2 Å². The molecule has 0 bridgehead atoms. The van der Waals surface area contributed by atoms with E-state index in [1.807, 2.05) is 25.7 Å². The summed E-state index contributed by atoms with van der Waals surface area (Å²) in [5, 5.41) is 2.75. The van der Waals surface area contributed by atoms with E-state index in [0.29, 0.717) is 57.2 Å². The van der Waals surface area contributed by atoms with E-state index in [-0.39, 0.29) is 17.9 Å². The predicted molar refractivity (Wildman–Crippen MR) is 104 cm³/mol. The number of carbonyl (C=O) groups excluding carboxylic acids is 2. The number of hydrogen-bond acceptors (Lipinski definition) is 5. The van der Waals surface area contributed by atoms with E-state index in [9.17, 15) is 14.0 Å². The Morgan fingerprint density at radius 3 is 2.50 bits per heavy atom. The van der Waals surface area contributed by atoms with Gasteiger partial charge in [-0.05, 0) is 45.4 Å². The molecule has 1 N–H and O–H groups in total. The second-order valence-corrected chi connectivity index (χ2v) is 8.17. The third-order valence-corrected chi connectivity index (χ3v) is 4.79. The van der Waals surface area contributed by atoms with Gasteiger partial charge in [0, 0.05) is 38.5 Å². The number of carbonyl (C=O) groups is 2. The summed E-state index contributed by atoms with van der Waals surface area (Å²) in [6, 6.07) is 4.70. The Morgan fingerprint density at radius 1 is 1.21 bits per heavy atom. The average molecular weight is 393 g/mol. The number of halogens is 1. The van der Waals surface area contributed by atoms with Gasteiger partial charge in [0.05, 0.1) is 18.2 Å². The van der Waals surface area contributed by atoms with Gasteiger partial charge >= 0.3 is 6.09 Å². The zero-order valence-electron chi connectivity index (χ0n) is 16.7. The first-order valence-electron chi connectivity index (χ1n) is 9.64. The van der Waals surface area contributed by atoms with Crippen LogP contribution in [0.5, 0.6) is 0 Å². The van der Waals surface area contributed by atoms with E-state index in [0.717, 1.165) is 0 Å². The Labute approximate surface area is 164 Å². The summed E-state index contributed by atoms with van der Waals surface area (Å²) in [5.74, 6) is -0.717. The van der Waals surface area contributed by atoms with Crippen molar-refractivity contribution in [3.05, 3.63) is 24.0 Å². The molecular formula is C20H28FN3O4. The lowest BCUT2D eigenvalue weighted by atomic mass is 10.1. The van der Waals surface area contributed by atoms with Crippen molar-refractivity contribution in [2.24, 2.45) is 5.92 Å². The Bertz CT molecular complexity index is 721. The maximum absolute atomic E-state index is 14.6. The largest absolute Gasteiger partial charge is 0.444 e. The fourth-order valence-electron chi connectivity index (χ4n) is 3.28. The van der Waals surface area contributed by atoms with Crippen LogP contribution in [0.1, 0.15) is 27.2 Å². The molecule has 7 nitrogen and oxygen atoms in total. The van der Waals surface area contributed by atoms with E-state index < -0.39 is 11.4 Å². The Balaban J connectivity index is 1.56. The molecule has 0 saturated carbocycles. The first kappa shape index (κ1) is 20.4. The molecule has 2 saturated heterocycles. The van der Waals surface area contributed by atoms with Crippen molar-refractivity contribution >= 4 is 23.4 Å². The Hall–Kier alpha value is -2.35. The minimum atomic E-state index is -0.536. The lowest BCUT2D eigenvalue weighted by Crippen LogP contribution is -2.50. The second kappa shape index (κ2) is 8.34. The van der Waals surface area contributed by atoms with Crippen LogP contribution in [0.4, 0.5) is 20.6 Å². The van der Waals surface area contributed by atoms with Gasteiger partial charge in [-0.1, -0.05) is 0 Å². The summed E-state index contributed by atoms with van der Waals surface area (Å²) in [5.41, 5.74) is 0.363. The monoisotopic (exact) mass is 393 g/mol. The standard InChI is InChI=1S/C20H28FN3O4/c1-20(2,3)28-19(26)24-9-7-23(8-10-24)17-5-4-15(12-16(17)21)22-18(25)14-6-11-27-13-14/h4-5,12,14H,6-11,13H2,1-3H3,(H,22,25). The predicted octanol–water partition coefficient (Wildman–Crippen LogP) is 2.86. The van der Waals surface area contributed by atoms with Gasteiger partial charge in [0.15, 0.2) is 0 Å². The molecule has 1 aromatic rings. The van der Waals surface area contributed by atoms with Crippen molar-refractivity contribution in [1.29, 1.82) is 0 Å². The first-order valence-corrected chi connectivity index (χ1v) is 9.64. The molecule has 154 valence electrons. The number of piperazine rings is 1. The van der Waals surface area contributed by atoms with Crippen LogP contribution in [0, 0.1) is 11.7 Å². The molecule has 0 spiro atoms. The van der Waals surface area contributed by atoms with Gasteiger partial charge in [-0.15, -0.1) is 0 Å². The number of amides is 2. The number of nitrogens with one attached hydrogen (secondary N) is 1. The van der Waals surface area contributed by atoms with Gasteiger partial charge in [0.25, 0.3) is 0 Å². The van der Waals surface area contributed by atoms with Gasteiger partial charge in [0.2, 0.25) is 5.91 Å². The highest BCUT2D eigenvalue weighted by Gasteiger charge is 2.27. The van der Waals surface area contributed by atoms with Crippen molar-refractivity contribution in [3.8, 4) is 0 Å². The summed E-state index contributed by atoms with van der Waals surface area (Å²) in [7, 11) is 0. The third kappa shape index (κ3) is 5.13. The van der Waals surface area contributed by atoms with Crippen molar-refractivity contribution in [2.45, 2.75) is 32.8 Å². The van der Waals surface area contributed by atoms with Gasteiger partial charge in [0.1, 0.15) is 11.4 Å². The smallest absolute Gasteiger partial charge is 0.410 e. The van der Waals surface area contributed by atoms with Gasteiger partial charge in [-0.3, -0.25) is 4.79 Å². The number of hydrogen-bond donors (Lipinski definition) is 1. The lowest BCUT2D eigenvalue weighted by Gasteiger charge is -2.36. The quantitative estimate of drug-likeness (QED) is 0.855. The highest BCUT2D eigenvalue weighted by Crippen LogP contribution is 2.25. The Kier molecular flexibility index (Phi) is 6.07. The molecule has 0 aliphatic carbocycles. The molecule has 0 radical (unpaired) electrons. The van der Waals surface area contributed by atoms with E-state index in [4.69, 9.17) is 9.47 Å². The zero-order valence-corrected chi connectivity index (χ0v) is 16.7. The second-order valence-electron chi connectivity index (χ2n) is 8.17. The Morgan fingerprint density at radius 2 is 1.93 bits per heavy atom. The summed E-state index contributed by atoms with van der Waals surface area (Å²) in [4.78, 5) is 27.8. The van der Waals surface area contributed by atoms with Crippen LogP contribution in [0.2, 0.25) is 0 Å². The number of anilines is 2. The van der Waals surface area contributed by atoms with Crippen LogP contribution in [0.25, 0.3) is 0 Å². The SMILES string of the molecule is CC(C)(C)OC(=O)N1CCN(c2ccc(NC(=O)C3CCOC3)cc2F)CC1. The van der Waals surface area contributed by atoms with Crippen molar-refractivity contribution in [3.63, 3.8) is 0 Å². The fraction of sp³-hybridized carbons (Fsp3) is 0.600. The molecule has 1 unspecified atom stereocenters. The number of benzene rings is 1. The topological polar surface area (TPSA) is 71.1 Å². The molecular weight excluding hydrogens is 365 g/mol. The average Bonchev–Trinajstić information content (AvgIpc) is 3.15. The number of nitrogens with zero attached hydrogens (tertiary/aromatic N) is 2. The van der Waals surface area contributed by atoms with Crippen LogP contribution < -0.4 is 10.2 Å². The molecule has 2 heterocycles. The van der Waals surface area contributed by atoms with Crippen LogP contribution in [-0.4, -0.2) is 61.9 Å². The van der Waals surface area contributed by atoms with E-state index in [1.54, 1.807) is 17.0 Å². The summed E-state index contributed by atoms with van der Waals surface area (Å²) >= 11 is 0. The molecule has 1 atom stereocenters. The van der Waals surface area contributed by atoms with Crippen LogP contribution >= 0.6 is 0 Å². The normalized spacial score (nSPS) is 20.2. The van der Waals surface area contributed by atoms with Crippen molar-refractivity contribution < 1.29 is 23.5 Å². The number of ether oxygens (including phenoxy) is 2. The molecule has 2 aliphatic heterocycles. The van der Waals surface area contributed by atoms with Crippen LogP contribution in [-0.2, 0) is 14.3 Å². The van der Waals surface area contributed by atoms with E-state index in [1.165, 1.54) is 6.07 Å². The van der Waals surface area contributed by atoms with Crippen molar-refractivity contribution in [1.82, 2.24) is 4.90 Å². The molecule has 2 fully saturated rings. The summed E-state index contributed by atoms with van der Waals surface area (Å²) in [6.45, 7) is 8.45. The number of rotatable bonds is 3. The molecule has 1 aromatic carbocycles. The molecule has 2 amide bonds. The summed E-state index contributed by atoms with van der Waals surface area (Å²) < 4.78 is 25.2. The third-order valence-electron chi connectivity index (χ3n) is 4.79. The van der Waals surface area contributed by atoms with E-state index >= 15 is 0 Å². The van der Waals surface area contributed by atoms with Gasteiger partial charge in [-0.2, -0.15) is 0 Å².